The molecule has 0 aromatic carbocycles. The van der Waals surface area contributed by atoms with Gasteiger partial charge in [-0.25, -0.2) is 4.79 Å². The van der Waals surface area contributed by atoms with Gasteiger partial charge in [0.25, 0.3) is 0 Å². The van der Waals surface area contributed by atoms with Crippen molar-refractivity contribution >= 4 is 5.97 Å². The lowest BCUT2D eigenvalue weighted by atomic mass is 9.77. The second-order valence-corrected chi connectivity index (χ2v) is 7.99. The van der Waals surface area contributed by atoms with Crippen LogP contribution in [0.15, 0.2) is 24.3 Å². The summed E-state index contributed by atoms with van der Waals surface area (Å²) < 4.78 is 11.1. The fraction of sp³-hybridized carbons (Fsp3) is 0.762. The summed E-state index contributed by atoms with van der Waals surface area (Å²) >= 11 is 0. The van der Waals surface area contributed by atoms with Crippen LogP contribution in [0.3, 0.4) is 0 Å². The quantitative estimate of drug-likeness (QED) is 0.459. The molecule has 1 aliphatic carbocycles. The SMILES string of the molecule is O=C(O)COCC=CC[C@H]1[C@@H](C=CC(O)CC2CCCC2)[C@H]2CC[C@@H]1O2. The van der Waals surface area contributed by atoms with Crippen molar-refractivity contribution in [2.75, 3.05) is 13.2 Å². The number of carboxylic acid groups (broad SMARTS) is 1. The van der Waals surface area contributed by atoms with Gasteiger partial charge in [0.05, 0.1) is 24.9 Å². The molecule has 5 heteroatoms. The first-order valence-corrected chi connectivity index (χ1v) is 10.1. The molecular formula is C21H32O5. The zero-order valence-corrected chi connectivity index (χ0v) is 15.5. The molecule has 0 aromatic heterocycles. The first-order chi connectivity index (χ1) is 12.6. The topological polar surface area (TPSA) is 76.0 Å². The third-order valence-electron chi connectivity index (χ3n) is 6.11. The Balaban J connectivity index is 1.46. The van der Waals surface area contributed by atoms with Crippen molar-refractivity contribution < 1.29 is 24.5 Å². The first-order valence-electron chi connectivity index (χ1n) is 10.1. The van der Waals surface area contributed by atoms with E-state index < -0.39 is 5.97 Å². The lowest BCUT2D eigenvalue weighted by Gasteiger charge is -2.25. The lowest BCUT2D eigenvalue weighted by molar-refractivity contribution is -0.141. The predicted octanol–water partition coefficient (Wildman–Crippen LogP) is 3.32. The molecular weight excluding hydrogens is 332 g/mol. The van der Waals surface area contributed by atoms with Crippen LogP contribution in [-0.2, 0) is 14.3 Å². The van der Waals surface area contributed by atoms with E-state index in [1.54, 1.807) is 0 Å². The summed E-state index contributed by atoms with van der Waals surface area (Å²) in [6, 6.07) is 0. The van der Waals surface area contributed by atoms with Gasteiger partial charge >= 0.3 is 5.97 Å². The number of carboxylic acids is 1. The average molecular weight is 364 g/mol. The summed E-state index contributed by atoms with van der Waals surface area (Å²) in [7, 11) is 0. The summed E-state index contributed by atoms with van der Waals surface area (Å²) in [6.45, 7) is 0.0698. The van der Waals surface area contributed by atoms with Gasteiger partial charge in [-0.1, -0.05) is 50.0 Å². The molecule has 2 bridgehead atoms. The smallest absolute Gasteiger partial charge is 0.329 e. The van der Waals surface area contributed by atoms with Gasteiger partial charge in [-0.2, -0.15) is 0 Å². The van der Waals surface area contributed by atoms with Crippen LogP contribution in [0.1, 0.15) is 51.4 Å². The zero-order chi connectivity index (χ0) is 18.4. The van der Waals surface area contributed by atoms with E-state index >= 15 is 0 Å². The van der Waals surface area contributed by atoms with Crippen LogP contribution in [0.25, 0.3) is 0 Å². The van der Waals surface area contributed by atoms with Crippen LogP contribution in [0, 0.1) is 17.8 Å². The molecule has 5 atom stereocenters. The Kier molecular flexibility index (Phi) is 7.29. The maximum atomic E-state index is 10.4. The Morgan fingerprint density at radius 3 is 2.69 bits per heavy atom. The summed E-state index contributed by atoms with van der Waals surface area (Å²) in [5.74, 6) is 0.563. The highest BCUT2D eigenvalue weighted by atomic mass is 16.5. The normalized spacial score (nSPS) is 33.0. The monoisotopic (exact) mass is 364 g/mol. The number of allylic oxidation sites excluding steroid dienone is 1. The van der Waals surface area contributed by atoms with Crippen LogP contribution in [0.2, 0.25) is 0 Å². The van der Waals surface area contributed by atoms with Crippen LogP contribution in [0.4, 0.5) is 0 Å². The lowest BCUT2D eigenvalue weighted by Crippen LogP contribution is -2.25. The van der Waals surface area contributed by atoms with Crippen molar-refractivity contribution in [1.29, 1.82) is 0 Å². The molecule has 2 aliphatic heterocycles. The minimum Gasteiger partial charge on any atom is -0.480 e. The van der Waals surface area contributed by atoms with E-state index in [4.69, 9.17) is 14.6 Å². The Bertz CT molecular complexity index is 509. The zero-order valence-electron chi connectivity index (χ0n) is 15.5. The third kappa shape index (κ3) is 5.41. The number of carbonyl (C=O) groups is 1. The van der Waals surface area contributed by atoms with Crippen molar-refractivity contribution in [2.45, 2.75) is 69.7 Å². The minimum atomic E-state index is -0.943. The molecule has 26 heavy (non-hydrogen) atoms. The van der Waals surface area contributed by atoms with Gasteiger partial charge < -0.3 is 19.7 Å². The molecule has 3 rings (SSSR count). The number of ether oxygens (including phenoxy) is 2. The Morgan fingerprint density at radius 2 is 1.92 bits per heavy atom. The van der Waals surface area contributed by atoms with Crippen molar-refractivity contribution in [3.8, 4) is 0 Å². The number of hydrogen-bond acceptors (Lipinski definition) is 4. The number of aliphatic hydroxyl groups is 1. The van der Waals surface area contributed by atoms with Gasteiger partial charge in [0.1, 0.15) is 6.61 Å². The molecule has 1 unspecified atom stereocenters. The summed E-state index contributed by atoms with van der Waals surface area (Å²) in [4.78, 5) is 10.4. The highest BCUT2D eigenvalue weighted by Crippen LogP contribution is 2.46. The molecule has 0 amide bonds. The predicted molar refractivity (Wildman–Crippen MR) is 98.8 cm³/mol. The van der Waals surface area contributed by atoms with E-state index in [2.05, 4.69) is 12.2 Å². The molecule has 0 aromatic rings. The van der Waals surface area contributed by atoms with E-state index in [1.165, 1.54) is 25.7 Å². The Hall–Kier alpha value is -1.17. The van der Waals surface area contributed by atoms with Crippen LogP contribution in [-0.4, -0.2) is 47.7 Å². The molecule has 2 N–H and O–H groups in total. The fourth-order valence-corrected chi connectivity index (χ4v) is 4.84. The van der Waals surface area contributed by atoms with Crippen molar-refractivity contribution in [1.82, 2.24) is 0 Å². The maximum absolute atomic E-state index is 10.4. The van der Waals surface area contributed by atoms with Crippen LogP contribution >= 0.6 is 0 Å². The van der Waals surface area contributed by atoms with Crippen molar-refractivity contribution in [3.63, 3.8) is 0 Å². The second-order valence-electron chi connectivity index (χ2n) is 7.99. The van der Waals surface area contributed by atoms with Gasteiger partial charge in [0.2, 0.25) is 0 Å². The Morgan fingerprint density at radius 1 is 1.15 bits per heavy atom. The van der Waals surface area contributed by atoms with E-state index in [-0.39, 0.29) is 18.8 Å². The molecule has 5 nitrogen and oxygen atoms in total. The molecule has 3 aliphatic rings. The molecule has 0 radical (unpaired) electrons. The van der Waals surface area contributed by atoms with Gasteiger partial charge in [0.15, 0.2) is 0 Å². The highest BCUT2D eigenvalue weighted by molar-refractivity contribution is 5.67. The van der Waals surface area contributed by atoms with Gasteiger partial charge in [-0.15, -0.1) is 0 Å². The maximum Gasteiger partial charge on any atom is 0.329 e. The number of aliphatic hydroxyl groups excluding tert-OH is 1. The third-order valence-corrected chi connectivity index (χ3v) is 6.11. The average Bonchev–Trinajstić information content (AvgIpc) is 3.33. The largest absolute Gasteiger partial charge is 0.480 e. The highest BCUT2D eigenvalue weighted by Gasteiger charge is 2.46. The molecule has 146 valence electrons. The van der Waals surface area contributed by atoms with Crippen LogP contribution in [0.5, 0.6) is 0 Å². The van der Waals surface area contributed by atoms with E-state index in [1.807, 2.05) is 12.2 Å². The van der Waals surface area contributed by atoms with E-state index in [9.17, 15) is 9.90 Å². The molecule has 1 saturated carbocycles. The van der Waals surface area contributed by atoms with Crippen molar-refractivity contribution in [2.24, 2.45) is 17.8 Å². The number of fused-ring (bicyclic) bond motifs is 2. The summed E-state index contributed by atoms with van der Waals surface area (Å²) in [5.41, 5.74) is 0. The summed E-state index contributed by atoms with van der Waals surface area (Å²) in [6.07, 6.45) is 17.6. The molecule has 0 spiro atoms. The molecule has 2 heterocycles. The first kappa shape index (κ1) is 19.6. The van der Waals surface area contributed by atoms with Gasteiger partial charge in [-0.05, 0) is 37.5 Å². The van der Waals surface area contributed by atoms with Crippen LogP contribution < -0.4 is 0 Å². The van der Waals surface area contributed by atoms with Gasteiger partial charge in [-0.3, -0.25) is 0 Å². The number of rotatable bonds is 10. The van der Waals surface area contributed by atoms with Crippen molar-refractivity contribution in [3.05, 3.63) is 24.3 Å². The molecule has 3 fully saturated rings. The van der Waals surface area contributed by atoms with E-state index in [0.29, 0.717) is 30.5 Å². The standard InChI is InChI=1S/C21H32O5/c22-16(13-15-5-1-2-6-15)8-9-18-17(19-10-11-20(18)26-19)7-3-4-12-25-14-21(23)24/h3-4,8-9,15-20,22H,1-2,5-7,10-14H2,(H,23,24)/t16?,17-,18+,19-,20+/m0/s1. The number of hydrogen-bond donors (Lipinski definition) is 2. The summed E-state index contributed by atoms with van der Waals surface area (Å²) in [5, 5.41) is 18.9. The Labute approximate surface area is 156 Å². The minimum absolute atomic E-state index is 0.258. The molecule has 2 saturated heterocycles. The van der Waals surface area contributed by atoms with E-state index in [0.717, 1.165) is 25.7 Å². The second kappa shape index (κ2) is 9.67. The van der Waals surface area contributed by atoms with Gasteiger partial charge in [0, 0.05) is 5.92 Å². The fourth-order valence-electron chi connectivity index (χ4n) is 4.84. The number of aliphatic carboxylic acids is 1.